The molecule has 0 spiro atoms. The summed E-state index contributed by atoms with van der Waals surface area (Å²) in [4.78, 5) is 38.4. The van der Waals surface area contributed by atoms with Gasteiger partial charge in [0.15, 0.2) is 0 Å². The number of carbonyl (C=O) groups is 3. The number of urea groups is 1. The van der Waals surface area contributed by atoms with Crippen LogP contribution in [0.1, 0.15) is 0 Å². The van der Waals surface area contributed by atoms with Crippen molar-refractivity contribution in [3.05, 3.63) is 30.6 Å². The Morgan fingerprint density at radius 3 is 2.53 bits per heavy atom. The summed E-state index contributed by atoms with van der Waals surface area (Å²) >= 11 is 0. The first kappa shape index (κ1) is 11.4. The Labute approximate surface area is 107 Å². The van der Waals surface area contributed by atoms with Gasteiger partial charge in [0, 0.05) is 6.54 Å². The summed E-state index contributed by atoms with van der Waals surface area (Å²) in [6, 6.07) is 6.63. The van der Waals surface area contributed by atoms with Crippen molar-refractivity contribution in [3.63, 3.8) is 0 Å². The van der Waals surface area contributed by atoms with Gasteiger partial charge in [-0.2, -0.15) is 0 Å². The van der Waals surface area contributed by atoms with Crippen LogP contribution in [0.3, 0.4) is 0 Å². The van der Waals surface area contributed by atoms with E-state index in [1.54, 1.807) is 10.9 Å². The summed E-state index contributed by atoms with van der Waals surface area (Å²) in [5.74, 6) is -2.12. The highest BCUT2D eigenvalue weighted by Crippen LogP contribution is 2.15. The van der Waals surface area contributed by atoms with Crippen LogP contribution >= 0.6 is 0 Å². The van der Waals surface area contributed by atoms with Crippen molar-refractivity contribution < 1.29 is 14.4 Å². The summed E-state index contributed by atoms with van der Waals surface area (Å²) in [6.45, 7) is 0.144. The van der Waals surface area contributed by atoms with Crippen molar-refractivity contribution in [2.45, 2.75) is 6.54 Å². The molecule has 0 aliphatic carbocycles. The van der Waals surface area contributed by atoms with E-state index in [2.05, 4.69) is 15.6 Å². The van der Waals surface area contributed by atoms with Crippen LogP contribution in [0.25, 0.3) is 11.0 Å². The maximum absolute atomic E-state index is 11.7. The summed E-state index contributed by atoms with van der Waals surface area (Å²) in [7, 11) is 0. The van der Waals surface area contributed by atoms with E-state index in [9.17, 15) is 14.4 Å². The Bertz CT molecular complexity index is 671. The molecule has 2 N–H and O–H groups in total. The number of fused-ring (bicyclic) bond motifs is 1. The minimum Gasteiger partial charge on any atom is -0.329 e. The van der Waals surface area contributed by atoms with Gasteiger partial charge in [0.05, 0.1) is 17.4 Å². The molecule has 7 heteroatoms. The number of para-hydroxylation sites is 2. The lowest BCUT2D eigenvalue weighted by atomic mass is 10.1. The van der Waals surface area contributed by atoms with Gasteiger partial charge in [0.1, 0.15) is 5.92 Å². The number of barbiturate groups is 1. The van der Waals surface area contributed by atoms with Gasteiger partial charge >= 0.3 is 6.03 Å². The molecule has 0 unspecified atom stereocenters. The molecule has 19 heavy (non-hydrogen) atoms. The van der Waals surface area contributed by atoms with Crippen LogP contribution < -0.4 is 10.6 Å². The average molecular weight is 258 g/mol. The molecule has 1 aliphatic rings. The molecular weight excluding hydrogens is 248 g/mol. The van der Waals surface area contributed by atoms with Crippen molar-refractivity contribution in [3.8, 4) is 0 Å². The fourth-order valence-corrected chi connectivity index (χ4v) is 2.07. The first-order valence-corrected chi connectivity index (χ1v) is 5.71. The molecule has 2 aromatic rings. The first-order chi connectivity index (χ1) is 9.15. The van der Waals surface area contributed by atoms with Crippen molar-refractivity contribution >= 4 is 28.9 Å². The van der Waals surface area contributed by atoms with Crippen molar-refractivity contribution in [1.82, 2.24) is 20.2 Å². The third-order valence-corrected chi connectivity index (χ3v) is 3.01. The number of nitrogens with zero attached hydrogens (tertiary/aromatic N) is 2. The van der Waals surface area contributed by atoms with Gasteiger partial charge in [0.2, 0.25) is 11.8 Å². The van der Waals surface area contributed by atoms with Crippen LogP contribution in [0.4, 0.5) is 4.79 Å². The molecule has 7 nitrogen and oxygen atoms in total. The molecule has 1 saturated heterocycles. The van der Waals surface area contributed by atoms with Crippen LogP contribution in [0.2, 0.25) is 0 Å². The second-order valence-electron chi connectivity index (χ2n) is 4.25. The van der Waals surface area contributed by atoms with E-state index >= 15 is 0 Å². The fraction of sp³-hybridized carbons (Fsp3) is 0.167. The molecule has 0 bridgehead atoms. The van der Waals surface area contributed by atoms with E-state index in [1.807, 2.05) is 24.3 Å². The zero-order chi connectivity index (χ0) is 13.4. The molecule has 4 amide bonds. The Morgan fingerprint density at radius 1 is 1.11 bits per heavy atom. The normalized spacial score (nSPS) is 16.5. The van der Waals surface area contributed by atoms with Crippen molar-refractivity contribution in [1.29, 1.82) is 0 Å². The van der Waals surface area contributed by atoms with Gasteiger partial charge in [-0.05, 0) is 12.1 Å². The lowest BCUT2D eigenvalue weighted by Crippen LogP contribution is -2.56. The highest BCUT2D eigenvalue weighted by atomic mass is 16.2. The highest BCUT2D eigenvalue weighted by Gasteiger charge is 2.34. The minimum absolute atomic E-state index is 0.144. The Hall–Kier alpha value is -2.70. The number of aromatic nitrogens is 2. The van der Waals surface area contributed by atoms with Crippen LogP contribution in [0, 0.1) is 5.92 Å². The second kappa shape index (κ2) is 4.20. The van der Waals surface area contributed by atoms with E-state index in [1.165, 1.54) is 0 Å². The number of imide groups is 2. The van der Waals surface area contributed by atoms with Gasteiger partial charge in [-0.1, -0.05) is 12.1 Å². The number of carbonyl (C=O) groups excluding carboxylic acids is 3. The number of hydrogen-bond acceptors (Lipinski definition) is 4. The monoisotopic (exact) mass is 258 g/mol. The van der Waals surface area contributed by atoms with E-state index in [0.717, 1.165) is 11.0 Å². The Kier molecular flexibility index (Phi) is 2.52. The molecular formula is C12H10N4O3. The molecule has 1 fully saturated rings. The second-order valence-corrected chi connectivity index (χ2v) is 4.25. The minimum atomic E-state index is -0.935. The van der Waals surface area contributed by atoms with Gasteiger partial charge < -0.3 is 4.57 Å². The van der Waals surface area contributed by atoms with Crippen LogP contribution in [0.5, 0.6) is 0 Å². The number of hydrogen-bond donors (Lipinski definition) is 2. The highest BCUT2D eigenvalue weighted by molar-refractivity contribution is 6.16. The molecule has 1 aromatic carbocycles. The topological polar surface area (TPSA) is 93.1 Å². The molecule has 3 rings (SSSR count). The van der Waals surface area contributed by atoms with E-state index in [0.29, 0.717) is 0 Å². The van der Waals surface area contributed by atoms with Crippen LogP contribution in [-0.4, -0.2) is 27.4 Å². The van der Waals surface area contributed by atoms with Crippen molar-refractivity contribution in [2.24, 2.45) is 5.92 Å². The molecule has 1 aliphatic heterocycles. The zero-order valence-corrected chi connectivity index (χ0v) is 9.79. The predicted octanol–water partition coefficient (Wildman–Crippen LogP) is 0.0185. The fourth-order valence-electron chi connectivity index (χ4n) is 2.07. The average Bonchev–Trinajstić information content (AvgIpc) is 2.77. The lowest BCUT2D eigenvalue weighted by molar-refractivity contribution is -0.136. The summed E-state index contributed by atoms with van der Waals surface area (Å²) in [5, 5.41) is 4.15. The predicted molar refractivity (Wildman–Crippen MR) is 64.9 cm³/mol. The molecule has 1 aromatic heterocycles. The molecule has 0 radical (unpaired) electrons. The Balaban J connectivity index is 1.90. The van der Waals surface area contributed by atoms with Gasteiger partial charge in [-0.25, -0.2) is 9.78 Å². The number of nitrogens with one attached hydrogen (secondary N) is 2. The summed E-state index contributed by atoms with van der Waals surface area (Å²) in [5.41, 5.74) is 1.62. The zero-order valence-electron chi connectivity index (χ0n) is 9.79. The van der Waals surface area contributed by atoms with Gasteiger partial charge in [0.25, 0.3) is 0 Å². The van der Waals surface area contributed by atoms with E-state index in [4.69, 9.17) is 0 Å². The van der Waals surface area contributed by atoms with Crippen LogP contribution in [0.15, 0.2) is 30.6 Å². The molecule has 2 heterocycles. The van der Waals surface area contributed by atoms with Gasteiger partial charge in [-0.3, -0.25) is 20.2 Å². The van der Waals surface area contributed by atoms with E-state index < -0.39 is 23.8 Å². The Morgan fingerprint density at radius 2 is 1.79 bits per heavy atom. The molecule has 0 saturated carbocycles. The SMILES string of the molecule is O=C1NC(=O)C(Cn2cnc3ccccc32)C(=O)N1. The number of imidazole rings is 1. The third kappa shape index (κ3) is 1.95. The maximum atomic E-state index is 11.7. The number of benzene rings is 1. The smallest absolute Gasteiger partial charge is 0.328 e. The summed E-state index contributed by atoms with van der Waals surface area (Å²) < 4.78 is 1.72. The first-order valence-electron chi connectivity index (χ1n) is 5.71. The third-order valence-electron chi connectivity index (χ3n) is 3.01. The number of amides is 4. The quantitative estimate of drug-likeness (QED) is 0.742. The van der Waals surface area contributed by atoms with Crippen LogP contribution in [-0.2, 0) is 16.1 Å². The molecule has 0 atom stereocenters. The van der Waals surface area contributed by atoms with Crippen molar-refractivity contribution in [2.75, 3.05) is 0 Å². The molecule has 96 valence electrons. The number of rotatable bonds is 2. The van der Waals surface area contributed by atoms with E-state index in [-0.39, 0.29) is 6.54 Å². The largest absolute Gasteiger partial charge is 0.329 e. The van der Waals surface area contributed by atoms with Gasteiger partial charge in [-0.15, -0.1) is 0 Å². The standard InChI is InChI=1S/C12H10N4O3/c17-10-7(11(18)15-12(19)14-10)5-16-6-13-8-3-1-2-4-9(8)16/h1-4,6-7H,5H2,(H2,14,15,17,18,19). The maximum Gasteiger partial charge on any atom is 0.328 e. The lowest BCUT2D eigenvalue weighted by Gasteiger charge is -2.20. The summed E-state index contributed by atoms with van der Waals surface area (Å²) in [6.07, 6.45) is 1.57.